The molecule has 0 amide bonds. The van der Waals surface area contributed by atoms with Crippen LogP contribution in [0.1, 0.15) is 0 Å². The molecule has 0 fully saturated rings. The quantitative estimate of drug-likeness (QED) is 0.470. The number of hydrazine groups is 1. The number of aromatic amines is 1. The van der Waals surface area contributed by atoms with Gasteiger partial charge in [0.25, 0.3) is 10.0 Å². The number of sulfonamides is 1. The Morgan fingerprint density at radius 3 is 2.93 bits per heavy atom. The maximum absolute atomic E-state index is 11.3. The molecule has 0 aliphatic heterocycles. The Morgan fingerprint density at radius 1 is 1.50 bits per heavy atom. The number of aromatic nitrogens is 2. The van der Waals surface area contributed by atoms with Crippen molar-refractivity contribution >= 4 is 21.1 Å². The molecule has 2 aromatic heterocycles. The number of nitrogens with zero attached hydrogens (tertiary/aromatic N) is 1. The van der Waals surface area contributed by atoms with Gasteiger partial charge in [0.05, 0.1) is 0 Å². The number of pyridine rings is 1. The van der Waals surface area contributed by atoms with Crippen molar-refractivity contribution in [3.8, 4) is 0 Å². The van der Waals surface area contributed by atoms with Crippen LogP contribution in [0.2, 0.25) is 0 Å². The molecule has 4 N–H and O–H groups in total. The summed E-state index contributed by atoms with van der Waals surface area (Å²) in [5, 5.41) is 0.732. The first-order valence-corrected chi connectivity index (χ1v) is 5.28. The summed E-state index contributed by atoms with van der Waals surface area (Å²) >= 11 is 0. The van der Waals surface area contributed by atoms with Crippen LogP contribution in [0.25, 0.3) is 11.0 Å². The van der Waals surface area contributed by atoms with E-state index in [1.54, 1.807) is 23.2 Å². The van der Waals surface area contributed by atoms with E-state index < -0.39 is 10.0 Å². The molecule has 0 saturated carbocycles. The second kappa shape index (κ2) is 3.05. The number of fused-ring (bicyclic) bond motifs is 1. The zero-order valence-corrected chi connectivity index (χ0v) is 7.88. The molecule has 0 aliphatic carbocycles. The van der Waals surface area contributed by atoms with E-state index in [9.17, 15) is 8.42 Å². The van der Waals surface area contributed by atoms with Crippen molar-refractivity contribution in [1.29, 1.82) is 0 Å². The molecule has 0 unspecified atom stereocenters. The summed E-state index contributed by atoms with van der Waals surface area (Å²) in [5.41, 5.74) is 0.515. The molecule has 0 aliphatic rings. The first kappa shape index (κ1) is 9.13. The lowest BCUT2D eigenvalue weighted by molar-refractivity contribution is 0.581. The topological polar surface area (TPSA) is 101 Å². The molecular weight excluding hydrogens is 204 g/mol. The molecule has 2 rings (SSSR count). The van der Waals surface area contributed by atoms with Gasteiger partial charge < -0.3 is 4.98 Å². The van der Waals surface area contributed by atoms with E-state index in [-0.39, 0.29) is 5.03 Å². The van der Waals surface area contributed by atoms with Crippen LogP contribution in [0.15, 0.2) is 29.4 Å². The summed E-state index contributed by atoms with van der Waals surface area (Å²) in [6, 6.07) is 4.95. The minimum atomic E-state index is -3.63. The van der Waals surface area contributed by atoms with E-state index in [0.717, 1.165) is 5.39 Å². The molecule has 0 radical (unpaired) electrons. The standard InChI is InChI=1S/C7H8N4O2S/c8-11-14(12,13)6-4-5-2-1-3-9-7(5)10-6/h1-4,11H,8H2,(H,9,10). The Hall–Kier alpha value is -1.44. The first-order valence-electron chi connectivity index (χ1n) is 3.79. The Labute approximate surface area is 80.2 Å². The summed E-state index contributed by atoms with van der Waals surface area (Å²) in [5.74, 6) is 4.88. The summed E-state index contributed by atoms with van der Waals surface area (Å²) in [4.78, 5) is 8.34. The van der Waals surface area contributed by atoms with Gasteiger partial charge in [-0.3, -0.25) is 5.84 Å². The number of rotatable bonds is 2. The second-order valence-corrected chi connectivity index (χ2v) is 4.38. The predicted octanol–water partition coefficient (Wildman–Crippen LogP) is -0.285. The average Bonchev–Trinajstić information content (AvgIpc) is 2.61. The van der Waals surface area contributed by atoms with Crippen LogP contribution in [0, 0.1) is 0 Å². The Balaban J connectivity index is 2.67. The fraction of sp³-hybridized carbons (Fsp3) is 0. The fourth-order valence-electron chi connectivity index (χ4n) is 1.14. The van der Waals surface area contributed by atoms with Gasteiger partial charge in [-0.2, -0.15) is 0 Å². The van der Waals surface area contributed by atoms with Crippen molar-refractivity contribution in [2.75, 3.05) is 0 Å². The molecular formula is C7H8N4O2S. The highest BCUT2D eigenvalue weighted by Crippen LogP contribution is 2.15. The van der Waals surface area contributed by atoms with Crippen molar-refractivity contribution in [2.24, 2.45) is 5.84 Å². The third-order valence-corrected chi connectivity index (χ3v) is 2.92. The summed E-state index contributed by atoms with van der Waals surface area (Å²) in [7, 11) is -3.63. The smallest absolute Gasteiger partial charge is 0.268 e. The molecule has 7 heteroatoms. The van der Waals surface area contributed by atoms with Crippen LogP contribution in [0.5, 0.6) is 0 Å². The van der Waals surface area contributed by atoms with Gasteiger partial charge in [0.1, 0.15) is 5.65 Å². The number of hydrogen-bond donors (Lipinski definition) is 3. The Bertz CT molecular complexity index is 527. The Morgan fingerprint density at radius 2 is 2.29 bits per heavy atom. The van der Waals surface area contributed by atoms with E-state index in [4.69, 9.17) is 5.84 Å². The highest BCUT2D eigenvalue weighted by molar-refractivity contribution is 7.89. The Kier molecular flexibility index (Phi) is 1.99. The van der Waals surface area contributed by atoms with Crippen molar-refractivity contribution in [3.63, 3.8) is 0 Å². The molecule has 6 nitrogen and oxygen atoms in total. The van der Waals surface area contributed by atoms with Crippen LogP contribution in [-0.2, 0) is 10.0 Å². The van der Waals surface area contributed by atoms with Gasteiger partial charge in [-0.15, -0.1) is 4.83 Å². The first-order chi connectivity index (χ1) is 6.63. The SMILES string of the molecule is NNS(=O)(=O)c1cc2cccnc2[nH]1. The molecule has 0 bridgehead atoms. The minimum absolute atomic E-state index is 0.00806. The lowest BCUT2D eigenvalue weighted by atomic mass is 10.3. The number of H-pyrrole nitrogens is 1. The van der Waals surface area contributed by atoms with Crippen LogP contribution in [-0.4, -0.2) is 18.4 Å². The van der Waals surface area contributed by atoms with Crippen LogP contribution >= 0.6 is 0 Å². The molecule has 0 aromatic carbocycles. The average molecular weight is 212 g/mol. The molecule has 0 spiro atoms. The molecule has 0 atom stereocenters. The van der Waals surface area contributed by atoms with Crippen molar-refractivity contribution in [3.05, 3.63) is 24.4 Å². The number of nitrogens with two attached hydrogens (primary N) is 1. The summed E-state index contributed by atoms with van der Waals surface area (Å²) in [6.07, 6.45) is 1.57. The largest absolute Gasteiger partial charge is 0.329 e. The van der Waals surface area contributed by atoms with Gasteiger partial charge in [0, 0.05) is 11.6 Å². The van der Waals surface area contributed by atoms with E-state index >= 15 is 0 Å². The predicted molar refractivity (Wildman–Crippen MR) is 50.6 cm³/mol. The number of nitrogens with one attached hydrogen (secondary N) is 2. The maximum atomic E-state index is 11.3. The highest BCUT2D eigenvalue weighted by atomic mass is 32.2. The normalized spacial score (nSPS) is 12.1. The lowest BCUT2D eigenvalue weighted by Gasteiger charge is -1.95. The van der Waals surface area contributed by atoms with Gasteiger partial charge >= 0.3 is 0 Å². The monoisotopic (exact) mass is 212 g/mol. The van der Waals surface area contributed by atoms with Crippen molar-refractivity contribution in [1.82, 2.24) is 14.8 Å². The molecule has 2 aromatic rings. The van der Waals surface area contributed by atoms with Gasteiger partial charge in [-0.1, -0.05) is 0 Å². The minimum Gasteiger partial charge on any atom is -0.329 e. The van der Waals surface area contributed by atoms with E-state index in [2.05, 4.69) is 9.97 Å². The van der Waals surface area contributed by atoms with E-state index in [0.29, 0.717) is 5.65 Å². The second-order valence-electron chi connectivity index (χ2n) is 2.70. The third kappa shape index (κ3) is 1.37. The van der Waals surface area contributed by atoms with Gasteiger partial charge in [0.2, 0.25) is 0 Å². The lowest BCUT2D eigenvalue weighted by Crippen LogP contribution is -2.30. The maximum Gasteiger partial charge on any atom is 0.268 e. The third-order valence-electron chi connectivity index (χ3n) is 1.81. The summed E-state index contributed by atoms with van der Waals surface area (Å²) in [6.45, 7) is 0. The molecule has 0 saturated heterocycles. The molecule has 2 heterocycles. The zero-order valence-electron chi connectivity index (χ0n) is 7.06. The van der Waals surface area contributed by atoms with Gasteiger partial charge in [-0.05, 0) is 18.2 Å². The van der Waals surface area contributed by atoms with Crippen molar-refractivity contribution < 1.29 is 8.42 Å². The van der Waals surface area contributed by atoms with Crippen LogP contribution < -0.4 is 10.7 Å². The van der Waals surface area contributed by atoms with Crippen LogP contribution in [0.3, 0.4) is 0 Å². The highest BCUT2D eigenvalue weighted by Gasteiger charge is 2.14. The molecule has 74 valence electrons. The zero-order chi connectivity index (χ0) is 10.2. The number of hydrogen-bond acceptors (Lipinski definition) is 4. The summed E-state index contributed by atoms with van der Waals surface area (Å²) < 4.78 is 22.6. The van der Waals surface area contributed by atoms with Gasteiger partial charge in [0.15, 0.2) is 5.03 Å². The fourth-order valence-corrected chi connectivity index (χ4v) is 1.78. The van der Waals surface area contributed by atoms with Crippen LogP contribution in [0.4, 0.5) is 0 Å². The van der Waals surface area contributed by atoms with E-state index in [1.165, 1.54) is 6.07 Å². The molecule has 14 heavy (non-hydrogen) atoms. The van der Waals surface area contributed by atoms with E-state index in [1.807, 2.05) is 0 Å². The van der Waals surface area contributed by atoms with Gasteiger partial charge in [-0.25, -0.2) is 13.4 Å². The van der Waals surface area contributed by atoms with Crippen molar-refractivity contribution in [2.45, 2.75) is 5.03 Å².